The van der Waals surface area contributed by atoms with Gasteiger partial charge in [-0.3, -0.25) is 19.3 Å². The molecular weight excluding hydrogens is 354 g/mol. The fraction of sp³-hybridized carbons (Fsp3) is 0.273. The van der Waals surface area contributed by atoms with E-state index in [1.807, 2.05) is 26.0 Å². The molecule has 6 heteroatoms. The highest BCUT2D eigenvalue weighted by Gasteiger charge is 2.31. The van der Waals surface area contributed by atoms with Crippen LogP contribution in [0.5, 0.6) is 0 Å². The highest BCUT2D eigenvalue weighted by Crippen LogP contribution is 2.26. The average molecular weight is 375 g/mol. The Balaban J connectivity index is 1.86. The number of imide groups is 1. The van der Waals surface area contributed by atoms with E-state index < -0.39 is 0 Å². The van der Waals surface area contributed by atoms with E-state index >= 15 is 0 Å². The van der Waals surface area contributed by atoms with Gasteiger partial charge in [-0.2, -0.15) is 5.26 Å². The van der Waals surface area contributed by atoms with Crippen LogP contribution in [0.25, 0.3) is 0 Å². The van der Waals surface area contributed by atoms with Crippen LogP contribution in [-0.4, -0.2) is 29.2 Å². The molecule has 1 aliphatic heterocycles. The third-order valence-corrected chi connectivity index (χ3v) is 4.99. The fourth-order valence-corrected chi connectivity index (χ4v) is 3.42. The minimum atomic E-state index is -0.243. The Morgan fingerprint density at radius 3 is 2.36 bits per heavy atom. The molecule has 28 heavy (non-hydrogen) atoms. The third kappa shape index (κ3) is 3.65. The van der Waals surface area contributed by atoms with Crippen molar-refractivity contribution in [2.45, 2.75) is 32.7 Å². The molecule has 0 aromatic heterocycles. The molecule has 0 unspecified atom stereocenters. The zero-order valence-corrected chi connectivity index (χ0v) is 15.9. The van der Waals surface area contributed by atoms with Crippen LogP contribution in [-0.2, 0) is 9.59 Å². The molecule has 3 amide bonds. The van der Waals surface area contributed by atoms with Crippen LogP contribution in [0.4, 0.5) is 5.69 Å². The second-order valence-corrected chi connectivity index (χ2v) is 6.67. The summed E-state index contributed by atoms with van der Waals surface area (Å²) in [7, 11) is 0. The summed E-state index contributed by atoms with van der Waals surface area (Å²) in [6.07, 6.45) is 0.404. The van der Waals surface area contributed by atoms with Crippen molar-refractivity contribution in [1.29, 1.82) is 5.26 Å². The van der Waals surface area contributed by atoms with Gasteiger partial charge in [0.15, 0.2) is 0 Å². The van der Waals surface area contributed by atoms with Crippen molar-refractivity contribution in [2.75, 3.05) is 11.4 Å². The molecule has 142 valence electrons. The minimum absolute atomic E-state index is 0.180. The van der Waals surface area contributed by atoms with Gasteiger partial charge in [-0.25, -0.2) is 0 Å². The fourth-order valence-electron chi connectivity index (χ4n) is 3.42. The lowest BCUT2D eigenvalue weighted by Gasteiger charge is -2.29. The van der Waals surface area contributed by atoms with Gasteiger partial charge in [-0.1, -0.05) is 18.2 Å². The van der Waals surface area contributed by atoms with Crippen molar-refractivity contribution >= 4 is 23.4 Å². The summed E-state index contributed by atoms with van der Waals surface area (Å²) in [4.78, 5) is 40.0. The maximum atomic E-state index is 13.1. The molecule has 1 heterocycles. The Labute approximate surface area is 164 Å². The SMILES string of the molecule is CCN(C(=O)c1cccc(N2C(=O)CCC2=O)c1)[C@@H](C)c1ccc(C#N)cc1. The number of hydrogen-bond acceptors (Lipinski definition) is 4. The van der Waals surface area contributed by atoms with Crippen molar-refractivity contribution < 1.29 is 14.4 Å². The molecule has 0 spiro atoms. The molecule has 0 bridgehead atoms. The Bertz CT molecular complexity index is 944. The molecule has 1 aliphatic rings. The van der Waals surface area contributed by atoms with Crippen LogP contribution in [0.15, 0.2) is 48.5 Å². The van der Waals surface area contributed by atoms with E-state index in [-0.39, 0.29) is 36.6 Å². The number of carbonyl (C=O) groups excluding carboxylic acids is 3. The first kappa shape index (κ1) is 19.3. The van der Waals surface area contributed by atoms with E-state index in [2.05, 4.69) is 6.07 Å². The highest BCUT2D eigenvalue weighted by molar-refractivity contribution is 6.20. The molecule has 0 radical (unpaired) electrons. The molecular formula is C22H21N3O3. The number of nitrogens with zero attached hydrogens (tertiary/aromatic N) is 3. The maximum absolute atomic E-state index is 13.1. The van der Waals surface area contributed by atoms with Gasteiger partial charge in [0.2, 0.25) is 11.8 Å². The number of nitriles is 1. The van der Waals surface area contributed by atoms with Crippen molar-refractivity contribution in [3.8, 4) is 6.07 Å². The molecule has 0 saturated carbocycles. The van der Waals surface area contributed by atoms with Gasteiger partial charge in [-0.05, 0) is 49.7 Å². The Morgan fingerprint density at radius 1 is 1.14 bits per heavy atom. The van der Waals surface area contributed by atoms with Gasteiger partial charge >= 0.3 is 0 Å². The Hall–Kier alpha value is -3.46. The first-order chi connectivity index (χ1) is 13.5. The lowest BCUT2D eigenvalue weighted by Crippen LogP contribution is -2.34. The lowest BCUT2D eigenvalue weighted by atomic mass is 10.0. The number of carbonyl (C=O) groups is 3. The topological polar surface area (TPSA) is 81.5 Å². The van der Waals surface area contributed by atoms with E-state index in [1.165, 1.54) is 0 Å². The number of rotatable bonds is 5. The predicted octanol–water partition coefficient (Wildman–Crippen LogP) is 3.43. The summed E-state index contributed by atoms with van der Waals surface area (Å²) in [5.74, 6) is -0.666. The minimum Gasteiger partial charge on any atom is -0.332 e. The molecule has 2 aromatic carbocycles. The first-order valence-corrected chi connectivity index (χ1v) is 9.23. The van der Waals surface area contributed by atoms with Crippen LogP contribution in [0.3, 0.4) is 0 Å². The smallest absolute Gasteiger partial charge is 0.254 e. The summed E-state index contributed by atoms with van der Waals surface area (Å²) in [6, 6.07) is 15.7. The average Bonchev–Trinajstić information content (AvgIpc) is 3.06. The monoisotopic (exact) mass is 375 g/mol. The van der Waals surface area contributed by atoms with Crippen LogP contribution < -0.4 is 4.90 Å². The number of amides is 3. The largest absolute Gasteiger partial charge is 0.332 e. The first-order valence-electron chi connectivity index (χ1n) is 9.23. The molecule has 1 atom stereocenters. The van der Waals surface area contributed by atoms with Crippen LogP contribution in [0.2, 0.25) is 0 Å². The Morgan fingerprint density at radius 2 is 1.79 bits per heavy atom. The van der Waals surface area contributed by atoms with Gasteiger partial charge in [0.05, 0.1) is 23.4 Å². The van der Waals surface area contributed by atoms with Gasteiger partial charge < -0.3 is 4.90 Å². The molecule has 2 aromatic rings. The summed E-state index contributed by atoms with van der Waals surface area (Å²) in [5.41, 5.74) is 2.35. The second kappa shape index (κ2) is 8.05. The highest BCUT2D eigenvalue weighted by atomic mass is 16.2. The van der Waals surface area contributed by atoms with Crippen molar-refractivity contribution in [3.05, 3.63) is 65.2 Å². The van der Waals surface area contributed by atoms with Gasteiger partial charge in [0, 0.05) is 24.9 Å². The normalized spacial score (nSPS) is 14.7. The summed E-state index contributed by atoms with van der Waals surface area (Å²) < 4.78 is 0. The third-order valence-electron chi connectivity index (χ3n) is 4.99. The molecule has 1 fully saturated rings. The molecule has 3 rings (SSSR count). The molecule has 6 nitrogen and oxygen atoms in total. The van der Waals surface area contributed by atoms with Gasteiger partial charge in [0.1, 0.15) is 0 Å². The van der Waals surface area contributed by atoms with E-state index in [0.717, 1.165) is 10.5 Å². The number of hydrogen-bond donors (Lipinski definition) is 0. The van der Waals surface area contributed by atoms with Crippen LogP contribution >= 0.6 is 0 Å². The van der Waals surface area contributed by atoms with E-state index in [0.29, 0.717) is 23.4 Å². The van der Waals surface area contributed by atoms with Crippen LogP contribution in [0.1, 0.15) is 54.2 Å². The second-order valence-electron chi connectivity index (χ2n) is 6.67. The Kier molecular flexibility index (Phi) is 5.55. The lowest BCUT2D eigenvalue weighted by molar-refractivity contribution is -0.121. The van der Waals surface area contributed by atoms with Crippen molar-refractivity contribution in [2.24, 2.45) is 0 Å². The van der Waals surface area contributed by atoms with Crippen molar-refractivity contribution in [1.82, 2.24) is 4.90 Å². The maximum Gasteiger partial charge on any atom is 0.254 e. The zero-order chi connectivity index (χ0) is 20.3. The molecule has 0 N–H and O–H groups in total. The number of benzene rings is 2. The quantitative estimate of drug-likeness (QED) is 0.750. The predicted molar refractivity (Wildman–Crippen MR) is 104 cm³/mol. The van der Waals surface area contributed by atoms with E-state index in [9.17, 15) is 14.4 Å². The van der Waals surface area contributed by atoms with Crippen LogP contribution in [0, 0.1) is 11.3 Å². The molecule has 0 aliphatic carbocycles. The standard InChI is InChI=1S/C22H21N3O3/c1-3-24(15(2)17-9-7-16(14-23)8-10-17)22(28)18-5-4-6-19(13-18)25-20(26)11-12-21(25)27/h4-10,13,15H,3,11-12H2,1-2H3/t15-/m0/s1. The molecule has 1 saturated heterocycles. The zero-order valence-electron chi connectivity index (χ0n) is 15.9. The summed E-state index contributed by atoms with van der Waals surface area (Å²) in [5, 5.41) is 8.95. The van der Waals surface area contributed by atoms with E-state index in [1.54, 1.807) is 41.3 Å². The van der Waals surface area contributed by atoms with E-state index in [4.69, 9.17) is 5.26 Å². The summed E-state index contributed by atoms with van der Waals surface area (Å²) in [6.45, 7) is 4.32. The van der Waals surface area contributed by atoms with Gasteiger partial charge in [0.25, 0.3) is 5.91 Å². The number of anilines is 1. The van der Waals surface area contributed by atoms with Gasteiger partial charge in [-0.15, -0.1) is 0 Å². The van der Waals surface area contributed by atoms with Crippen molar-refractivity contribution in [3.63, 3.8) is 0 Å². The summed E-state index contributed by atoms with van der Waals surface area (Å²) >= 11 is 0.